The monoisotopic (exact) mass is 301 g/mol. The maximum absolute atomic E-state index is 10.8. The third-order valence-corrected chi connectivity index (χ3v) is 4.09. The summed E-state index contributed by atoms with van der Waals surface area (Å²) in [6, 6.07) is 15.4. The first-order valence-corrected chi connectivity index (χ1v) is 7.89. The molecule has 3 N–H and O–H groups in total. The first-order chi connectivity index (χ1) is 10.1. The SMILES string of the molecule is CCSc1ccc(-c2cccc(CC(N)C(=O)O)c2)cc1. The van der Waals surface area contributed by atoms with Gasteiger partial charge in [0, 0.05) is 4.90 Å². The van der Waals surface area contributed by atoms with Crippen LogP contribution in [0.3, 0.4) is 0 Å². The third kappa shape index (κ3) is 4.34. The largest absolute Gasteiger partial charge is 0.480 e. The van der Waals surface area contributed by atoms with Crippen molar-refractivity contribution < 1.29 is 9.90 Å². The Labute approximate surface area is 129 Å². The maximum atomic E-state index is 10.8. The molecule has 0 radical (unpaired) electrons. The highest BCUT2D eigenvalue weighted by Gasteiger charge is 2.12. The zero-order valence-corrected chi connectivity index (χ0v) is 12.8. The van der Waals surface area contributed by atoms with E-state index >= 15 is 0 Å². The van der Waals surface area contributed by atoms with Gasteiger partial charge in [0.15, 0.2) is 0 Å². The van der Waals surface area contributed by atoms with E-state index in [0.717, 1.165) is 22.4 Å². The van der Waals surface area contributed by atoms with Gasteiger partial charge in [-0.2, -0.15) is 0 Å². The fourth-order valence-electron chi connectivity index (χ4n) is 2.13. The Kier molecular flexibility index (Phi) is 5.42. The minimum Gasteiger partial charge on any atom is -0.480 e. The first-order valence-electron chi connectivity index (χ1n) is 6.90. The van der Waals surface area contributed by atoms with Crippen molar-refractivity contribution in [2.24, 2.45) is 5.73 Å². The molecular formula is C17H19NO2S. The Balaban J connectivity index is 2.18. The number of nitrogens with two attached hydrogens (primary N) is 1. The molecule has 1 unspecified atom stereocenters. The van der Waals surface area contributed by atoms with Crippen LogP contribution in [0.25, 0.3) is 11.1 Å². The molecular weight excluding hydrogens is 282 g/mol. The van der Waals surface area contributed by atoms with Crippen molar-refractivity contribution in [1.29, 1.82) is 0 Å². The molecule has 110 valence electrons. The fourth-order valence-corrected chi connectivity index (χ4v) is 2.79. The number of carboxylic acids is 1. The predicted molar refractivity (Wildman–Crippen MR) is 87.6 cm³/mol. The van der Waals surface area contributed by atoms with E-state index in [1.54, 1.807) is 0 Å². The minimum atomic E-state index is -0.971. The van der Waals surface area contributed by atoms with Crippen LogP contribution in [0.2, 0.25) is 0 Å². The number of benzene rings is 2. The zero-order valence-electron chi connectivity index (χ0n) is 12.0. The lowest BCUT2D eigenvalue weighted by atomic mass is 10.00. The van der Waals surface area contributed by atoms with Crippen molar-refractivity contribution in [3.8, 4) is 11.1 Å². The molecule has 0 saturated carbocycles. The zero-order chi connectivity index (χ0) is 15.2. The smallest absolute Gasteiger partial charge is 0.320 e. The highest BCUT2D eigenvalue weighted by molar-refractivity contribution is 7.99. The number of hydrogen-bond acceptors (Lipinski definition) is 3. The molecule has 0 fully saturated rings. The lowest BCUT2D eigenvalue weighted by molar-refractivity contribution is -0.138. The van der Waals surface area contributed by atoms with Gasteiger partial charge in [-0.15, -0.1) is 11.8 Å². The van der Waals surface area contributed by atoms with Crippen LogP contribution in [0.15, 0.2) is 53.4 Å². The molecule has 2 aromatic rings. The molecule has 0 aliphatic carbocycles. The van der Waals surface area contributed by atoms with Gasteiger partial charge in [-0.25, -0.2) is 0 Å². The molecule has 0 aliphatic heterocycles. The molecule has 0 amide bonds. The molecule has 3 nitrogen and oxygen atoms in total. The standard InChI is InChI=1S/C17H19NO2S/c1-2-21-15-8-6-13(7-9-15)14-5-3-4-12(10-14)11-16(18)17(19)20/h3-10,16H,2,11,18H2,1H3,(H,19,20). The molecule has 0 aliphatic rings. The molecule has 0 spiro atoms. The van der Waals surface area contributed by atoms with E-state index in [4.69, 9.17) is 10.8 Å². The second-order valence-electron chi connectivity index (χ2n) is 4.81. The maximum Gasteiger partial charge on any atom is 0.320 e. The van der Waals surface area contributed by atoms with E-state index in [1.807, 2.05) is 36.0 Å². The quantitative estimate of drug-likeness (QED) is 0.803. The Morgan fingerprint density at radius 1 is 1.19 bits per heavy atom. The van der Waals surface area contributed by atoms with Gasteiger partial charge < -0.3 is 10.8 Å². The first kappa shape index (κ1) is 15.6. The van der Waals surface area contributed by atoms with Crippen molar-refractivity contribution in [1.82, 2.24) is 0 Å². The number of carbonyl (C=O) groups is 1. The van der Waals surface area contributed by atoms with Crippen LogP contribution in [0.1, 0.15) is 12.5 Å². The molecule has 4 heteroatoms. The molecule has 0 aromatic heterocycles. The van der Waals surface area contributed by atoms with E-state index in [-0.39, 0.29) is 0 Å². The highest BCUT2D eigenvalue weighted by atomic mass is 32.2. The fraction of sp³-hybridized carbons (Fsp3) is 0.235. The Morgan fingerprint density at radius 2 is 1.90 bits per heavy atom. The summed E-state index contributed by atoms with van der Waals surface area (Å²) in [6.45, 7) is 2.13. The van der Waals surface area contributed by atoms with Gasteiger partial charge in [-0.3, -0.25) is 4.79 Å². The molecule has 0 heterocycles. The van der Waals surface area contributed by atoms with Crippen molar-refractivity contribution in [3.05, 3.63) is 54.1 Å². The van der Waals surface area contributed by atoms with E-state index in [1.165, 1.54) is 4.90 Å². The van der Waals surface area contributed by atoms with Crippen LogP contribution >= 0.6 is 11.8 Å². The van der Waals surface area contributed by atoms with Gasteiger partial charge in [0.2, 0.25) is 0 Å². The molecule has 1 atom stereocenters. The third-order valence-electron chi connectivity index (χ3n) is 3.20. The average molecular weight is 301 g/mol. The number of carboxylic acid groups (broad SMARTS) is 1. The van der Waals surface area contributed by atoms with E-state index in [0.29, 0.717) is 6.42 Å². The lowest BCUT2D eigenvalue weighted by Gasteiger charge is -2.09. The number of aliphatic carboxylic acids is 1. The van der Waals surface area contributed by atoms with Gasteiger partial charge in [-0.1, -0.05) is 43.3 Å². The summed E-state index contributed by atoms with van der Waals surface area (Å²) in [4.78, 5) is 12.1. The van der Waals surface area contributed by atoms with Crippen molar-refractivity contribution in [2.45, 2.75) is 24.3 Å². The lowest BCUT2D eigenvalue weighted by Crippen LogP contribution is -2.32. The van der Waals surface area contributed by atoms with E-state index < -0.39 is 12.0 Å². The van der Waals surface area contributed by atoms with Crippen LogP contribution in [0, 0.1) is 0 Å². The number of rotatable bonds is 6. The number of hydrogen-bond donors (Lipinski definition) is 2. The second kappa shape index (κ2) is 7.29. The summed E-state index contributed by atoms with van der Waals surface area (Å²) < 4.78 is 0. The van der Waals surface area contributed by atoms with Gasteiger partial charge in [0.25, 0.3) is 0 Å². The predicted octanol–water partition coefficient (Wildman–Crippen LogP) is 3.42. The van der Waals surface area contributed by atoms with Crippen LogP contribution in [0.4, 0.5) is 0 Å². The molecule has 0 saturated heterocycles. The Bertz CT molecular complexity index is 610. The summed E-state index contributed by atoms with van der Waals surface area (Å²) >= 11 is 1.81. The van der Waals surface area contributed by atoms with Gasteiger partial charge in [0.1, 0.15) is 6.04 Å². The summed E-state index contributed by atoms with van der Waals surface area (Å²) in [6.07, 6.45) is 0.340. The Hall–Kier alpha value is -1.78. The molecule has 0 bridgehead atoms. The second-order valence-corrected chi connectivity index (χ2v) is 6.14. The van der Waals surface area contributed by atoms with Crippen molar-refractivity contribution in [2.75, 3.05) is 5.75 Å². The molecule has 2 rings (SSSR count). The summed E-state index contributed by atoms with van der Waals surface area (Å²) in [7, 11) is 0. The van der Waals surface area contributed by atoms with Gasteiger partial charge >= 0.3 is 5.97 Å². The number of thioether (sulfide) groups is 1. The van der Waals surface area contributed by atoms with Crippen molar-refractivity contribution >= 4 is 17.7 Å². The van der Waals surface area contributed by atoms with E-state index in [2.05, 4.69) is 31.2 Å². The average Bonchev–Trinajstić information content (AvgIpc) is 2.48. The van der Waals surface area contributed by atoms with Crippen molar-refractivity contribution in [3.63, 3.8) is 0 Å². The summed E-state index contributed by atoms with van der Waals surface area (Å²) in [5.74, 6) is 0.0865. The normalized spacial score (nSPS) is 12.1. The van der Waals surface area contributed by atoms with Gasteiger partial charge in [-0.05, 0) is 41.0 Å². The molecule has 21 heavy (non-hydrogen) atoms. The highest BCUT2D eigenvalue weighted by Crippen LogP contribution is 2.25. The topological polar surface area (TPSA) is 63.3 Å². The molecule has 2 aromatic carbocycles. The van der Waals surface area contributed by atoms with E-state index in [9.17, 15) is 4.79 Å². The summed E-state index contributed by atoms with van der Waals surface area (Å²) in [5.41, 5.74) is 8.74. The van der Waals surface area contributed by atoms with Gasteiger partial charge in [0.05, 0.1) is 0 Å². The van der Waals surface area contributed by atoms with Crippen LogP contribution in [0.5, 0.6) is 0 Å². The Morgan fingerprint density at radius 3 is 2.52 bits per heavy atom. The van der Waals surface area contributed by atoms with Crippen LogP contribution in [-0.2, 0) is 11.2 Å². The summed E-state index contributed by atoms with van der Waals surface area (Å²) in [5, 5.41) is 8.88. The van der Waals surface area contributed by atoms with Crippen LogP contribution in [-0.4, -0.2) is 22.9 Å². The minimum absolute atomic E-state index is 0.340. The van der Waals surface area contributed by atoms with Crippen LogP contribution < -0.4 is 5.73 Å².